The first kappa shape index (κ1) is 18.0. The van der Waals surface area contributed by atoms with E-state index in [9.17, 15) is 13.9 Å². The van der Waals surface area contributed by atoms with Crippen LogP contribution in [0.2, 0.25) is 0 Å². The van der Waals surface area contributed by atoms with Crippen molar-refractivity contribution in [1.82, 2.24) is 9.80 Å². The number of hydrogen-bond donors (Lipinski definition) is 1. The minimum atomic E-state index is -0.411. The molecule has 0 saturated carbocycles. The average Bonchev–Trinajstić information content (AvgIpc) is 2.61. The number of nitrogens with zero attached hydrogens (tertiary/aromatic N) is 2. The molecule has 1 fully saturated rings. The van der Waals surface area contributed by atoms with Crippen molar-refractivity contribution in [3.05, 3.63) is 71.3 Å². The smallest absolute Gasteiger partial charge is 0.127 e. The largest absolute Gasteiger partial charge is 0.396 e. The van der Waals surface area contributed by atoms with E-state index in [1.807, 2.05) is 18.2 Å². The van der Waals surface area contributed by atoms with E-state index in [1.54, 1.807) is 0 Å². The molecule has 0 bridgehead atoms. The third kappa shape index (κ3) is 4.84. The van der Waals surface area contributed by atoms with Gasteiger partial charge in [0.25, 0.3) is 0 Å². The Balaban J connectivity index is 1.65. The second-order valence-electron chi connectivity index (χ2n) is 6.59. The van der Waals surface area contributed by atoms with Crippen LogP contribution in [0.1, 0.15) is 17.5 Å². The predicted molar refractivity (Wildman–Crippen MR) is 94.0 cm³/mol. The fraction of sp³-hybridized carbons (Fsp3) is 0.400. The third-order valence-corrected chi connectivity index (χ3v) is 4.78. The maximum absolute atomic E-state index is 13.9. The van der Waals surface area contributed by atoms with Crippen LogP contribution in [-0.2, 0) is 13.1 Å². The molecule has 0 aliphatic carbocycles. The van der Waals surface area contributed by atoms with Crippen molar-refractivity contribution < 1.29 is 13.9 Å². The highest BCUT2D eigenvalue weighted by Gasteiger charge is 2.27. The molecule has 1 aliphatic rings. The predicted octanol–water partition coefficient (Wildman–Crippen LogP) is 3.03. The van der Waals surface area contributed by atoms with Crippen LogP contribution in [0.3, 0.4) is 0 Å². The van der Waals surface area contributed by atoms with Gasteiger partial charge < -0.3 is 5.11 Å². The Labute approximate surface area is 147 Å². The van der Waals surface area contributed by atoms with Gasteiger partial charge in [-0.3, -0.25) is 9.80 Å². The van der Waals surface area contributed by atoms with Gasteiger partial charge in [-0.1, -0.05) is 30.3 Å². The first-order valence-corrected chi connectivity index (χ1v) is 8.71. The lowest BCUT2D eigenvalue weighted by atomic mass is 10.1. The number of aliphatic hydroxyl groups is 1. The molecule has 1 aliphatic heterocycles. The van der Waals surface area contributed by atoms with Crippen molar-refractivity contribution >= 4 is 0 Å². The second kappa shape index (κ2) is 8.52. The molecule has 0 unspecified atom stereocenters. The van der Waals surface area contributed by atoms with Gasteiger partial charge in [0.05, 0.1) is 0 Å². The van der Waals surface area contributed by atoms with Crippen molar-refractivity contribution in [3.8, 4) is 0 Å². The average molecular weight is 346 g/mol. The monoisotopic (exact) mass is 346 g/mol. The maximum Gasteiger partial charge on any atom is 0.127 e. The normalized spacial score (nSPS) is 19.2. The summed E-state index contributed by atoms with van der Waals surface area (Å²) in [5.74, 6) is -0.780. The number of halogens is 2. The first-order chi connectivity index (χ1) is 12.2. The number of piperazine rings is 1. The van der Waals surface area contributed by atoms with E-state index >= 15 is 0 Å². The summed E-state index contributed by atoms with van der Waals surface area (Å²) in [6.07, 6.45) is 0.676. The molecule has 0 amide bonds. The number of benzene rings is 2. The molecule has 0 spiro atoms. The highest BCUT2D eigenvalue weighted by molar-refractivity contribution is 5.19. The van der Waals surface area contributed by atoms with Gasteiger partial charge >= 0.3 is 0 Å². The molecule has 0 aromatic heterocycles. The summed E-state index contributed by atoms with van der Waals surface area (Å²) in [6.45, 7) is 3.74. The highest BCUT2D eigenvalue weighted by Crippen LogP contribution is 2.19. The fourth-order valence-corrected chi connectivity index (χ4v) is 3.46. The zero-order valence-corrected chi connectivity index (χ0v) is 14.2. The standard InChI is InChI=1S/C20H24F2N2O/c21-18-6-7-20(22)17(12-18)14-23-9-10-24(19(15-23)8-11-25)13-16-4-2-1-3-5-16/h1-7,12,19,25H,8-11,13-15H2/t19-/m0/s1. The summed E-state index contributed by atoms with van der Waals surface area (Å²) < 4.78 is 27.3. The minimum absolute atomic E-state index is 0.123. The van der Waals surface area contributed by atoms with Crippen LogP contribution in [-0.4, -0.2) is 47.2 Å². The van der Waals surface area contributed by atoms with Gasteiger partial charge in [0.1, 0.15) is 11.6 Å². The molecule has 3 rings (SSSR count). The van der Waals surface area contributed by atoms with Crippen molar-refractivity contribution in [2.45, 2.75) is 25.6 Å². The minimum Gasteiger partial charge on any atom is -0.396 e. The maximum atomic E-state index is 13.9. The fourth-order valence-electron chi connectivity index (χ4n) is 3.46. The second-order valence-corrected chi connectivity index (χ2v) is 6.59. The molecule has 5 heteroatoms. The van der Waals surface area contributed by atoms with E-state index in [1.165, 1.54) is 17.7 Å². The molecule has 0 radical (unpaired) electrons. The lowest BCUT2D eigenvalue weighted by Gasteiger charge is -2.41. The molecule has 25 heavy (non-hydrogen) atoms. The Kier molecular flexibility index (Phi) is 6.13. The molecule has 1 N–H and O–H groups in total. The molecule has 2 aromatic rings. The Hall–Kier alpha value is -1.82. The zero-order valence-electron chi connectivity index (χ0n) is 14.2. The molecule has 2 aromatic carbocycles. The van der Waals surface area contributed by atoms with Crippen LogP contribution in [0.15, 0.2) is 48.5 Å². The molecule has 1 saturated heterocycles. The van der Waals surface area contributed by atoms with Gasteiger partial charge in [0.2, 0.25) is 0 Å². The van der Waals surface area contributed by atoms with Crippen LogP contribution in [0.5, 0.6) is 0 Å². The van der Waals surface area contributed by atoms with Crippen LogP contribution in [0.4, 0.5) is 8.78 Å². The lowest BCUT2D eigenvalue weighted by Crippen LogP contribution is -2.52. The van der Waals surface area contributed by atoms with Gasteiger partial charge in [-0.15, -0.1) is 0 Å². The van der Waals surface area contributed by atoms with E-state index in [0.717, 1.165) is 32.2 Å². The molecule has 3 nitrogen and oxygen atoms in total. The Morgan fingerprint density at radius 1 is 1.00 bits per heavy atom. The number of rotatable bonds is 6. The van der Waals surface area contributed by atoms with Gasteiger partial charge in [-0.25, -0.2) is 8.78 Å². The Morgan fingerprint density at radius 2 is 1.80 bits per heavy atom. The van der Waals surface area contributed by atoms with Crippen LogP contribution in [0, 0.1) is 11.6 Å². The summed E-state index contributed by atoms with van der Waals surface area (Å²) in [5, 5.41) is 9.40. The summed E-state index contributed by atoms with van der Waals surface area (Å²) in [7, 11) is 0. The van der Waals surface area contributed by atoms with E-state index in [-0.39, 0.29) is 18.5 Å². The van der Waals surface area contributed by atoms with Gasteiger partial charge in [0, 0.05) is 50.9 Å². The van der Waals surface area contributed by atoms with Crippen molar-refractivity contribution in [3.63, 3.8) is 0 Å². The van der Waals surface area contributed by atoms with E-state index in [4.69, 9.17) is 0 Å². The van der Waals surface area contributed by atoms with Crippen LogP contribution < -0.4 is 0 Å². The molecular weight excluding hydrogens is 322 g/mol. The summed E-state index contributed by atoms with van der Waals surface area (Å²) in [4.78, 5) is 4.50. The Bertz CT molecular complexity index is 681. The summed E-state index contributed by atoms with van der Waals surface area (Å²) >= 11 is 0. The number of hydrogen-bond acceptors (Lipinski definition) is 3. The van der Waals surface area contributed by atoms with Crippen LogP contribution >= 0.6 is 0 Å². The van der Waals surface area contributed by atoms with E-state index < -0.39 is 5.82 Å². The lowest BCUT2D eigenvalue weighted by molar-refractivity contribution is 0.0494. The molecule has 1 atom stereocenters. The zero-order chi connectivity index (χ0) is 17.6. The van der Waals surface area contributed by atoms with E-state index in [2.05, 4.69) is 21.9 Å². The number of aliphatic hydroxyl groups excluding tert-OH is 1. The van der Waals surface area contributed by atoms with Gasteiger partial charge in [-0.2, -0.15) is 0 Å². The van der Waals surface area contributed by atoms with Crippen LogP contribution in [0.25, 0.3) is 0 Å². The van der Waals surface area contributed by atoms with E-state index in [0.29, 0.717) is 18.5 Å². The third-order valence-electron chi connectivity index (χ3n) is 4.78. The van der Waals surface area contributed by atoms with Gasteiger partial charge in [-0.05, 0) is 30.2 Å². The van der Waals surface area contributed by atoms with Crippen molar-refractivity contribution in [1.29, 1.82) is 0 Å². The summed E-state index contributed by atoms with van der Waals surface area (Å²) in [5.41, 5.74) is 1.63. The Morgan fingerprint density at radius 3 is 2.56 bits per heavy atom. The SMILES string of the molecule is OCC[C@H]1CN(Cc2cc(F)ccc2F)CCN1Cc1ccccc1. The molecule has 134 valence electrons. The highest BCUT2D eigenvalue weighted by atomic mass is 19.1. The van der Waals surface area contributed by atoms with Gasteiger partial charge in [0.15, 0.2) is 0 Å². The summed E-state index contributed by atoms with van der Waals surface area (Å²) in [6, 6.07) is 14.1. The quantitative estimate of drug-likeness (QED) is 0.871. The van der Waals surface area contributed by atoms with Crippen molar-refractivity contribution in [2.75, 3.05) is 26.2 Å². The molecular formula is C20H24F2N2O. The topological polar surface area (TPSA) is 26.7 Å². The first-order valence-electron chi connectivity index (χ1n) is 8.71. The van der Waals surface area contributed by atoms with Crippen molar-refractivity contribution in [2.24, 2.45) is 0 Å². The molecule has 1 heterocycles.